The number of aryl methyl sites for hydroxylation is 2. The highest BCUT2D eigenvalue weighted by molar-refractivity contribution is 5.90. The van der Waals surface area contributed by atoms with Gasteiger partial charge in [0.15, 0.2) is 0 Å². The molecular weight excluding hydrogens is 528 g/mol. The van der Waals surface area contributed by atoms with Gasteiger partial charge >= 0.3 is 0 Å². The van der Waals surface area contributed by atoms with Crippen molar-refractivity contribution >= 4 is 10.8 Å². The Kier molecular flexibility index (Phi) is 7.51. The molecule has 0 unspecified atom stereocenters. The molecule has 0 spiro atoms. The second-order valence-corrected chi connectivity index (χ2v) is 9.91. The van der Waals surface area contributed by atoms with Gasteiger partial charge in [-0.05, 0) is 36.4 Å². The van der Waals surface area contributed by atoms with Crippen LogP contribution in [-0.2, 0) is 27.3 Å². The summed E-state index contributed by atoms with van der Waals surface area (Å²) >= 11 is 0. The third kappa shape index (κ3) is 5.03. The maximum absolute atomic E-state index is 6.30. The average molecular weight is 561 g/mol. The van der Waals surface area contributed by atoms with E-state index in [1.165, 1.54) is 0 Å². The van der Waals surface area contributed by atoms with Crippen molar-refractivity contribution in [2.45, 2.75) is 13.2 Å². The fourth-order valence-electron chi connectivity index (χ4n) is 5.25. The van der Waals surface area contributed by atoms with Crippen LogP contribution in [0, 0.1) is 0 Å². The van der Waals surface area contributed by atoms with Crippen molar-refractivity contribution in [1.29, 1.82) is 0 Å². The lowest BCUT2D eigenvalue weighted by molar-refractivity contribution is 0.271. The molecule has 8 nitrogen and oxygen atoms in total. The molecule has 0 saturated carbocycles. The Morgan fingerprint density at radius 1 is 0.524 bits per heavy atom. The van der Waals surface area contributed by atoms with E-state index in [-0.39, 0.29) is 0 Å². The van der Waals surface area contributed by atoms with Crippen molar-refractivity contribution in [2.75, 3.05) is 14.2 Å². The van der Waals surface area contributed by atoms with Gasteiger partial charge in [0.05, 0.1) is 36.4 Å². The molecule has 3 aromatic heterocycles. The number of methoxy groups -OCH3 is 2. The quantitative estimate of drug-likeness (QED) is 0.183. The van der Waals surface area contributed by atoms with E-state index in [1.54, 1.807) is 14.2 Å². The molecular formula is C34H32N4O4. The largest absolute Gasteiger partial charge is 0.496 e. The Bertz CT molecular complexity index is 1720. The maximum Gasteiger partial charge on any atom is 0.242 e. The van der Waals surface area contributed by atoms with Crippen LogP contribution in [0.4, 0.5) is 0 Å². The molecule has 0 N–H and O–H groups in total. The molecule has 3 heterocycles. The van der Waals surface area contributed by atoms with Crippen molar-refractivity contribution in [3.8, 4) is 45.5 Å². The summed E-state index contributed by atoms with van der Waals surface area (Å²) in [7, 11) is 7.36. The number of rotatable bonds is 10. The monoisotopic (exact) mass is 560 g/mol. The highest BCUT2D eigenvalue weighted by Crippen LogP contribution is 2.36. The number of hydrogen-bond donors (Lipinski definition) is 0. The highest BCUT2D eigenvalue weighted by Gasteiger charge is 2.18. The summed E-state index contributed by atoms with van der Waals surface area (Å²) in [4.78, 5) is 0. The molecule has 0 aliphatic rings. The van der Waals surface area contributed by atoms with Gasteiger partial charge in [-0.1, -0.05) is 48.5 Å². The minimum atomic E-state index is 0.307. The Balaban J connectivity index is 1.26. The zero-order valence-corrected chi connectivity index (χ0v) is 24.1. The topological polar surface area (TPSA) is 72.6 Å². The van der Waals surface area contributed by atoms with Crippen LogP contribution in [-0.4, -0.2) is 33.6 Å². The van der Waals surface area contributed by atoms with E-state index < -0.39 is 0 Å². The smallest absolute Gasteiger partial charge is 0.242 e. The van der Waals surface area contributed by atoms with E-state index in [0.29, 0.717) is 25.0 Å². The van der Waals surface area contributed by atoms with Crippen LogP contribution in [0.2, 0.25) is 0 Å². The molecule has 0 amide bonds. The van der Waals surface area contributed by atoms with Crippen molar-refractivity contribution < 1.29 is 18.9 Å². The summed E-state index contributed by atoms with van der Waals surface area (Å²) in [5.74, 6) is 2.50. The summed E-state index contributed by atoms with van der Waals surface area (Å²) in [5, 5.41) is 10.5. The molecule has 0 aliphatic carbocycles. The van der Waals surface area contributed by atoms with Gasteiger partial charge in [-0.2, -0.15) is 0 Å². The normalized spacial score (nSPS) is 11.0. The number of fused-ring (bicyclic) bond motifs is 1. The van der Waals surface area contributed by atoms with Gasteiger partial charge in [-0.3, -0.25) is 0 Å². The number of para-hydroxylation sites is 2. The second-order valence-electron chi connectivity index (χ2n) is 9.91. The van der Waals surface area contributed by atoms with Crippen molar-refractivity contribution in [3.63, 3.8) is 0 Å². The predicted molar refractivity (Wildman–Crippen MR) is 163 cm³/mol. The summed E-state index contributed by atoms with van der Waals surface area (Å²) in [6.07, 6.45) is 4.04. The lowest BCUT2D eigenvalue weighted by Crippen LogP contribution is -2.07. The van der Waals surface area contributed by atoms with E-state index in [4.69, 9.17) is 18.9 Å². The van der Waals surface area contributed by atoms with Gasteiger partial charge in [0.25, 0.3) is 0 Å². The van der Waals surface area contributed by atoms with Gasteiger partial charge in [0.2, 0.25) is 11.8 Å². The lowest BCUT2D eigenvalue weighted by atomic mass is 10.1. The second kappa shape index (κ2) is 11.7. The van der Waals surface area contributed by atoms with Crippen LogP contribution in [0.15, 0.2) is 97.3 Å². The first-order valence-electron chi connectivity index (χ1n) is 13.6. The van der Waals surface area contributed by atoms with E-state index in [9.17, 15) is 0 Å². The third-order valence-corrected chi connectivity index (χ3v) is 7.51. The molecule has 0 aliphatic heterocycles. The molecule has 6 rings (SSSR count). The number of ether oxygens (including phenoxy) is 4. The Morgan fingerprint density at radius 2 is 0.929 bits per heavy atom. The summed E-state index contributed by atoms with van der Waals surface area (Å²) < 4.78 is 27.9. The van der Waals surface area contributed by atoms with Crippen molar-refractivity contribution in [3.05, 3.63) is 109 Å². The fourth-order valence-corrected chi connectivity index (χ4v) is 5.25. The van der Waals surface area contributed by atoms with Gasteiger partial charge in [0, 0.05) is 48.7 Å². The fraction of sp³-hybridized carbons (Fsp3) is 0.176. The highest BCUT2D eigenvalue weighted by atomic mass is 16.5. The van der Waals surface area contributed by atoms with Gasteiger partial charge in [0.1, 0.15) is 24.7 Å². The Hall–Kier alpha value is -5.24. The molecule has 0 radical (unpaired) electrons. The standard InChI is InChI=1S/C34H32N4O4/c1-37-19-17-23(25-11-7-9-15-31(25)39-3)29(37)21-41-33-27-13-5-6-14-28(27)34(36-35-33)42-22-30-24(18-20-38(30)2)26-12-8-10-16-32(26)40-4/h5-20H,21-22H2,1-4H3. The first-order valence-corrected chi connectivity index (χ1v) is 13.6. The SMILES string of the molecule is COc1ccccc1-c1ccn(C)c1COc1nnc(OCc2c(-c3ccccc3OC)ccn2C)c2ccccc12. The first kappa shape index (κ1) is 27.0. The molecule has 42 heavy (non-hydrogen) atoms. The predicted octanol–water partition coefficient (Wildman–Crippen LogP) is 6.82. The average Bonchev–Trinajstić information content (AvgIpc) is 3.59. The van der Waals surface area contributed by atoms with Crippen LogP contribution < -0.4 is 18.9 Å². The molecule has 3 aromatic carbocycles. The van der Waals surface area contributed by atoms with Crippen LogP contribution in [0.3, 0.4) is 0 Å². The number of hydrogen-bond acceptors (Lipinski definition) is 6. The maximum atomic E-state index is 6.30. The Morgan fingerprint density at radius 3 is 1.36 bits per heavy atom. The number of nitrogens with zero attached hydrogens (tertiary/aromatic N) is 4. The van der Waals surface area contributed by atoms with Crippen LogP contribution in [0.25, 0.3) is 33.0 Å². The number of benzene rings is 3. The van der Waals surface area contributed by atoms with Crippen molar-refractivity contribution in [2.24, 2.45) is 14.1 Å². The molecule has 0 bridgehead atoms. The molecule has 212 valence electrons. The van der Waals surface area contributed by atoms with Crippen LogP contribution >= 0.6 is 0 Å². The van der Waals surface area contributed by atoms with Gasteiger partial charge < -0.3 is 28.1 Å². The molecule has 0 atom stereocenters. The Labute approximate surface area is 244 Å². The minimum absolute atomic E-state index is 0.307. The van der Waals surface area contributed by atoms with Crippen LogP contribution in [0.1, 0.15) is 11.4 Å². The van der Waals surface area contributed by atoms with Crippen LogP contribution in [0.5, 0.6) is 23.3 Å². The van der Waals surface area contributed by atoms with E-state index >= 15 is 0 Å². The van der Waals surface area contributed by atoms with Gasteiger partial charge in [-0.15, -0.1) is 10.2 Å². The molecule has 0 fully saturated rings. The lowest BCUT2D eigenvalue weighted by Gasteiger charge is -2.15. The summed E-state index contributed by atoms with van der Waals surface area (Å²) in [6, 6.07) is 27.9. The van der Waals surface area contributed by atoms with E-state index in [1.807, 2.05) is 108 Å². The summed E-state index contributed by atoms with van der Waals surface area (Å²) in [6.45, 7) is 0.614. The zero-order valence-electron chi connectivity index (χ0n) is 24.1. The van der Waals surface area contributed by atoms with Gasteiger partial charge in [-0.25, -0.2) is 0 Å². The summed E-state index contributed by atoms with van der Waals surface area (Å²) in [5.41, 5.74) is 6.09. The van der Waals surface area contributed by atoms with E-state index in [2.05, 4.69) is 22.3 Å². The minimum Gasteiger partial charge on any atom is -0.496 e. The molecule has 6 aromatic rings. The first-order chi connectivity index (χ1) is 20.6. The zero-order chi connectivity index (χ0) is 29.1. The molecule has 0 saturated heterocycles. The van der Waals surface area contributed by atoms with Crippen molar-refractivity contribution in [1.82, 2.24) is 19.3 Å². The number of aromatic nitrogens is 4. The van der Waals surface area contributed by atoms with E-state index in [0.717, 1.165) is 55.9 Å². The third-order valence-electron chi connectivity index (χ3n) is 7.51. The molecule has 8 heteroatoms.